The van der Waals surface area contributed by atoms with Crippen LogP contribution in [0, 0.1) is 3.57 Å². The predicted octanol–water partition coefficient (Wildman–Crippen LogP) is 1.89. The monoisotopic (exact) mass is 261 g/mol. The molecule has 60 valence electrons. The quantitative estimate of drug-likeness (QED) is 0.708. The fraction of sp³-hybridized carbons (Fsp3) is 0.333. The second kappa shape index (κ2) is 3.11. The van der Waals surface area contributed by atoms with Crippen LogP contribution in [0.5, 0.6) is 0 Å². The Balaban J connectivity index is 3.14. The average molecular weight is 261 g/mol. The summed E-state index contributed by atoms with van der Waals surface area (Å²) < 4.78 is 1.05. The molecule has 2 heteroatoms. The summed E-state index contributed by atoms with van der Waals surface area (Å²) in [6, 6.07) is 7.68. The highest BCUT2D eigenvalue weighted by atomic mass is 127. The third-order valence-corrected chi connectivity index (χ3v) is 2.46. The highest BCUT2D eigenvalue weighted by Gasteiger charge is 2.07. The molecule has 0 aliphatic rings. The molecule has 1 rings (SSSR count). The summed E-state index contributed by atoms with van der Waals surface area (Å²) in [5.41, 5.74) is -0.0989. The van der Waals surface area contributed by atoms with Crippen molar-refractivity contribution in [1.29, 1.82) is 0 Å². The molecule has 0 atom stereocenters. The molecule has 0 spiro atoms. The van der Waals surface area contributed by atoms with Gasteiger partial charge in [-0.1, -0.05) is 37.6 Å². The number of rotatable bonds is 1. The van der Waals surface area contributed by atoms with E-state index in [0.717, 1.165) is 9.13 Å². The lowest BCUT2D eigenvalue weighted by molar-refractivity contribution is -0.475. The number of halogens is 1. The van der Waals surface area contributed by atoms with Crippen LogP contribution >= 0.6 is 22.6 Å². The first kappa shape index (κ1) is 9.00. The van der Waals surface area contributed by atoms with Crippen LogP contribution < -0.4 is 5.11 Å². The lowest BCUT2D eigenvalue weighted by Crippen LogP contribution is -2.34. The zero-order valence-corrected chi connectivity index (χ0v) is 8.75. The molecule has 0 amide bonds. The Labute approximate surface area is 80.6 Å². The Kier molecular flexibility index (Phi) is 2.54. The summed E-state index contributed by atoms with van der Waals surface area (Å²) in [6.45, 7) is 3.37. The summed E-state index contributed by atoms with van der Waals surface area (Å²) >= 11 is 2.19. The van der Waals surface area contributed by atoms with E-state index < -0.39 is 5.60 Å². The summed E-state index contributed by atoms with van der Waals surface area (Å²) in [6.07, 6.45) is 0. The van der Waals surface area contributed by atoms with Gasteiger partial charge in [0, 0.05) is 3.57 Å². The van der Waals surface area contributed by atoms with Crippen molar-refractivity contribution in [3.63, 3.8) is 0 Å². The van der Waals surface area contributed by atoms with E-state index in [1.54, 1.807) is 13.8 Å². The van der Waals surface area contributed by atoms with Gasteiger partial charge in [-0.3, -0.25) is 0 Å². The van der Waals surface area contributed by atoms with E-state index in [9.17, 15) is 5.11 Å². The van der Waals surface area contributed by atoms with Crippen molar-refractivity contribution in [2.45, 2.75) is 19.4 Å². The number of hydrogen-bond acceptors (Lipinski definition) is 1. The van der Waals surface area contributed by atoms with Crippen LogP contribution in [0.3, 0.4) is 0 Å². The SMILES string of the molecule is CC(C)([O-])c1ccccc1I. The smallest absolute Gasteiger partial charge is 0.0154 e. The highest BCUT2D eigenvalue weighted by molar-refractivity contribution is 14.1. The Morgan fingerprint density at radius 2 is 1.82 bits per heavy atom. The Bertz CT molecular complexity index is 250. The summed E-state index contributed by atoms with van der Waals surface area (Å²) in [5, 5.41) is 11.5. The molecule has 0 bridgehead atoms. The number of hydrogen-bond donors (Lipinski definition) is 0. The van der Waals surface area contributed by atoms with Crippen LogP contribution in [0.1, 0.15) is 19.4 Å². The third kappa shape index (κ3) is 2.17. The molecule has 0 radical (unpaired) electrons. The predicted molar refractivity (Wildman–Crippen MR) is 52.2 cm³/mol. The van der Waals surface area contributed by atoms with Crippen LogP contribution in [-0.2, 0) is 5.60 Å². The second-order valence-corrected chi connectivity index (χ2v) is 4.15. The molecule has 0 unspecified atom stereocenters. The van der Waals surface area contributed by atoms with E-state index in [4.69, 9.17) is 0 Å². The number of benzene rings is 1. The zero-order valence-electron chi connectivity index (χ0n) is 6.60. The lowest BCUT2D eigenvalue weighted by Gasteiger charge is -2.33. The van der Waals surface area contributed by atoms with E-state index in [0.29, 0.717) is 0 Å². The zero-order chi connectivity index (χ0) is 8.48. The Morgan fingerprint density at radius 3 is 2.18 bits per heavy atom. The standard InChI is InChI=1S/C9H10IO/c1-9(2,11)7-5-3-4-6-8(7)10/h3-6H,1-2H3/q-1. The molecule has 0 aliphatic carbocycles. The molecule has 0 heterocycles. The molecule has 1 aromatic rings. The molecule has 0 aromatic heterocycles. The molecule has 1 nitrogen and oxygen atoms in total. The van der Waals surface area contributed by atoms with Gasteiger partial charge in [0.1, 0.15) is 0 Å². The highest BCUT2D eigenvalue weighted by Crippen LogP contribution is 2.21. The van der Waals surface area contributed by atoms with Crippen LogP contribution in [0.15, 0.2) is 24.3 Å². The van der Waals surface area contributed by atoms with Crippen molar-refractivity contribution in [3.8, 4) is 0 Å². The van der Waals surface area contributed by atoms with Gasteiger partial charge in [0.25, 0.3) is 0 Å². The van der Waals surface area contributed by atoms with Crippen LogP contribution in [-0.4, -0.2) is 0 Å². The van der Waals surface area contributed by atoms with Crippen molar-refractivity contribution in [2.75, 3.05) is 0 Å². The molecule has 0 N–H and O–H groups in total. The summed E-state index contributed by atoms with van der Waals surface area (Å²) in [7, 11) is 0. The van der Waals surface area contributed by atoms with Crippen molar-refractivity contribution in [2.24, 2.45) is 0 Å². The van der Waals surface area contributed by atoms with Crippen molar-refractivity contribution in [3.05, 3.63) is 33.4 Å². The molecular formula is C9H10IO-. The first-order valence-electron chi connectivity index (χ1n) is 3.47. The van der Waals surface area contributed by atoms with E-state index in [-0.39, 0.29) is 0 Å². The maximum absolute atomic E-state index is 11.5. The van der Waals surface area contributed by atoms with E-state index in [1.807, 2.05) is 24.3 Å². The van der Waals surface area contributed by atoms with Gasteiger partial charge < -0.3 is 5.11 Å². The fourth-order valence-corrected chi connectivity index (χ4v) is 1.99. The van der Waals surface area contributed by atoms with Gasteiger partial charge in [-0.2, -0.15) is 0 Å². The van der Waals surface area contributed by atoms with Gasteiger partial charge in [0.2, 0.25) is 0 Å². The van der Waals surface area contributed by atoms with E-state index >= 15 is 0 Å². The lowest BCUT2D eigenvalue weighted by atomic mass is 9.99. The van der Waals surface area contributed by atoms with E-state index in [1.165, 1.54) is 0 Å². The average Bonchev–Trinajstić information content (AvgIpc) is 1.86. The van der Waals surface area contributed by atoms with Crippen molar-refractivity contribution in [1.82, 2.24) is 0 Å². The van der Waals surface area contributed by atoms with Crippen LogP contribution in [0.25, 0.3) is 0 Å². The maximum atomic E-state index is 11.5. The van der Waals surface area contributed by atoms with Crippen LogP contribution in [0.4, 0.5) is 0 Å². The molecule has 11 heavy (non-hydrogen) atoms. The Morgan fingerprint density at radius 1 is 1.27 bits per heavy atom. The van der Waals surface area contributed by atoms with E-state index in [2.05, 4.69) is 22.6 Å². The van der Waals surface area contributed by atoms with Gasteiger partial charge in [0.15, 0.2) is 0 Å². The molecule has 1 aromatic carbocycles. The fourth-order valence-electron chi connectivity index (χ4n) is 0.949. The summed E-state index contributed by atoms with van der Waals surface area (Å²) in [5.74, 6) is 0. The third-order valence-electron chi connectivity index (χ3n) is 1.52. The minimum atomic E-state index is -0.974. The van der Waals surface area contributed by atoms with Gasteiger partial charge >= 0.3 is 0 Å². The van der Waals surface area contributed by atoms with Crippen molar-refractivity contribution >= 4 is 22.6 Å². The van der Waals surface area contributed by atoms with Crippen molar-refractivity contribution < 1.29 is 5.11 Å². The van der Waals surface area contributed by atoms with Gasteiger partial charge in [-0.25, -0.2) is 0 Å². The van der Waals surface area contributed by atoms with Gasteiger partial charge in [0.05, 0.1) is 0 Å². The normalized spacial score (nSPS) is 11.6. The van der Waals surface area contributed by atoms with Gasteiger partial charge in [-0.15, -0.1) is 0 Å². The topological polar surface area (TPSA) is 23.1 Å². The minimum absolute atomic E-state index is 0.876. The first-order valence-corrected chi connectivity index (χ1v) is 4.55. The molecule has 0 aliphatic heterocycles. The summed E-state index contributed by atoms with van der Waals surface area (Å²) in [4.78, 5) is 0. The molecule has 0 saturated heterocycles. The molecular weight excluding hydrogens is 251 g/mol. The second-order valence-electron chi connectivity index (χ2n) is 2.99. The molecule has 0 fully saturated rings. The first-order chi connectivity index (χ1) is 5.02. The molecule has 0 saturated carbocycles. The minimum Gasteiger partial charge on any atom is -0.846 e. The Hall–Kier alpha value is -0.0900. The largest absolute Gasteiger partial charge is 0.846 e. The maximum Gasteiger partial charge on any atom is 0.0154 e. The van der Waals surface area contributed by atoms with Crippen LogP contribution in [0.2, 0.25) is 0 Å². The van der Waals surface area contributed by atoms with Gasteiger partial charge in [-0.05, 0) is 34.2 Å².